The lowest BCUT2D eigenvalue weighted by molar-refractivity contribution is -0.127. The quantitative estimate of drug-likeness (QED) is 0.349. The lowest BCUT2D eigenvalue weighted by Crippen LogP contribution is -2.42. The minimum absolute atomic E-state index is 0.0833. The first-order chi connectivity index (χ1) is 16.7. The molecule has 0 radical (unpaired) electrons. The number of hydrogen-bond acceptors (Lipinski definition) is 3. The molecule has 3 aromatic carbocycles. The van der Waals surface area contributed by atoms with Crippen LogP contribution in [0.4, 0.5) is 4.39 Å². The largest absolute Gasteiger partial charge is 0.484 e. The number of fused-ring (bicyclic) bond motifs is 1. The number of ether oxygens (including phenoxy) is 1. The lowest BCUT2D eigenvalue weighted by atomic mass is 9.96. The van der Waals surface area contributed by atoms with Crippen molar-refractivity contribution in [2.24, 2.45) is 5.41 Å². The molecular formula is C29H30FN3O2. The Morgan fingerprint density at radius 3 is 2.54 bits per heavy atom. The van der Waals surface area contributed by atoms with E-state index in [1.165, 1.54) is 12.1 Å². The van der Waals surface area contributed by atoms with Gasteiger partial charge < -0.3 is 10.1 Å². The average molecular weight is 472 g/mol. The van der Waals surface area contributed by atoms with Gasteiger partial charge in [0.05, 0.1) is 23.4 Å². The van der Waals surface area contributed by atoms with Crippen LogP contribution < -0.4 is 10.1 Å². The van der Waals surface area contributed by atoms with Gasteiger partial charge in [-0.15, -0.1) is 0 Å². The van der Waals surface area contributed by atoms with E-state index in [4.69, 9.17) is 4.74 Å². The van der Waals surface area contributed by atoms with Crippen molar-refractivity contribution in [2.45, 2.75) is 52.7 Å². The van der Waals surface area contributed by atoms with E-state index in [1.54, 1.807) is 23.0 Å². The molecule has 1 N–H and O–H groups in total. The van der Waals surface area contributed by atoms with Gasteiger partial charge in [-0.1, -0.05) is 30.7 Å². The number of carbonyl (C=O) groups excluding carboxylic acids is 1. The summed E-state index contributed by atoms with van der Waals surface area (Å²) < 4.78 is 21.7. The molecule has 0 unspecified atom stereocenters. The van der Waals surface area contributed by atoms with Crippen molar-refractivity contribution in [3.8, 4) is 11.4 Å². The maximum absolute atomic E-state index is 13.4. The van der Waals surface area contributed by atoms with Crippen molar-refractivity contribution in [1.82, 2.24) is 15.1 Å². The molecule has 5 rings (SSSR count). The van der Waals surface area contributed by atoms with Gasteiger partial charge in [-0.25, -0.2) is 9.07 Å². The van der Waals surface area contributed by atoms with Crippen molar-refractivity contribution < 1.29 is 13.9 Å². The Morgan fingerprint density at radius 2 is 1.83 bits per heavy atom. The molecule has 1 saturated carbocycles. The summed E-state index contributed by atoms with van der Waals surface area (Å²) in [6.07, 6.45) is 3.27. The van der Waals surface area contributed by atoms with Crippen LogP contribution in [0.3, 0.4) is 0 Å². The second-order valence-electron chi connectivity index (χ2n) is 9.97. The number of halogens is 1. The summed E-state index contributed by atoms with van der Waals surface area (Å²) in [6, 6.07) is 18.2. The average Bonchev–Trinajstić information content (AvgIpc) is 3.46. The third kappa shape index (κ3) is 4.65. The lowest BCUT2D eigenvalue weighted by Gasteiger charge is -2.29. The third-order valence-electron chi connectivity index (χ3n) is 6.98. The van der Waals surface area contributed by atoms with Gasteiger partial charge in [0.2, 0.25) is 5.91 Å². The molecule has 5 nitrogen and oxygen atoms in total. The van der Waals surface area contributed by atoms with Gasteiger partial charge in [-0.05, 0) is 87.2 Å². The molecule has 2 atom stereocenters. The maximum Gasteiger partial charge on any atom is 0.226 e. The second-order valence-corrected chi connectivity index (χ2v) is 9.97. The molecule has 0 saturated heterocycles. The molecule has 1 fully saturated rings. The number of rotatable bonds is 7. The fourth-order valence-electron chi connectivity index (χ4n) is 4.39. The van der Waals surface area contributed by atoms with Gasteiger partial charge in [0.25, 0.3) is 0 Å². The van der Waals surface area contributed by atoms with Gasteiger partial charge in [0, 0.05) is 10.8 Å². The van der Waals surface area contributed by atoms with Crippen LogP contribution in [0.5, 0.6) is 5.75 Å². The molecular weight excluding hydrogens is 441 g/mol. The van der Waals surface area contributed by atoms with Gasteiger partial charge >= 0.3 is 0 Å². The topological polar surface area (TPSA) is 56.1 Å². The zero-order valence-corrected chi connectivity index (χ0v) is 20.5. The highest BCUT2D eigenvalue weighted by molar-refractivity contribution is 5.85. The summed E-state index contributed by atoms with van der Waals surface area (Å²) >= 11 is 0. The summed E-state index contributed by atoms with van der Waals surface area (Å²) in [6.45, 7) is 8.14. The van der Waals surface area contributed by atoms with Crippen LogP contribution in [0.25, 0.3) is 16.6 Å². The molecule has 4 aromatic rings. The van der Waals surface area contributed by atoms with Crippen molar-refractivity contribution in [1.29, 1.82) is 0 Å². The van der Waals surface area contributed by atoms with Crippen LogP contribution in [0.2, 0.25) is 0 Å². The predicted octanol–water partition coefficient (Wildman–Crippen LogP) is 6.21. The number of carbonyl (C=O) groups is 1. The molecule has 6 heteroatoms. The van der Waals surface area contributed by atoms with E-state index in [9.17, 15) is 9.18 Å². The molecule has 1 aliphatic carbocycles. The Bertz CT molecular complexity index is 1390. The first-order valence-electron chi connectivity index (χ1n) is 12.0. The Morgan fingerprint density at radius 1 is 1.09 bits per heavy atom. The smallest absolute Gasteiger partial charge is 0.226 e. The Kier molecular flexibility index (Phi) is 5.83. The van der Waals surface area contributed by atoms with Crippen molar-refractivity contribution in [2.75, 3.05) is 0 Å². The number of hydrogen-bond donors (Lipinski definition) is 1. The summed E-state index contributed by atoms with van der Waals surface area (Å²) in [5.74, 6) is 0.496. The first-order valence-corrected chi connectivity index (χ1v) is 12.0. The van der Waals surface area contributed by atoms with Gasteiger partial charge in [-0.2, -0.15) is 5.10 Å². The normalized spacial score (nSPS) is 16.0. The maximum atomic E-state index is 13.4. The van der Waals surface area contributed by atoms with Gasteiger partial charge in [0.1, 0.15) is 17.7 Å². The third-order valence-corrected chi connectivity index (χ3v) is 6.98. The van der Waals surface area contributed by atoms with E-state index in [0.717, 1.165) is 46.1 Å². The van der Waals surface area contributed by atoms with E-state index in [1.807, 2.05) is 32.0 Å². The number of amides is 1. The summed E-state index contributed by atoms with van der Waals surface area (Å²) in [5.41, 5.74) is 4.74. The molecule has 1 heterocycles. The SMILES string of the molecule is Cc1ccc(C)c([C@H](Oc2ccc3c(cnn3-c3ccc(F)cc3)c2)[C@H](C)NC(=O)C2(C)CC2)c1. The van der Waals surface area contributed by atoms with Crippen LogP contribution in [0.1, 0.15) is 49.5 Å². The number of aromatic nitrogens is 2. The van der Waals surface area contributed by atoms with E-state index < -0.39 is 0 Å². The molecule has 1 aromatic heterocycles. The highest BCUT2D eigenvalue weighted by Crippen LogP contribution is 2.45. The van der Waals surface area contributed by atoms with E-state index in [0.29, 0.717) is 5.75 Å². The Labute approximate surface area is 204 Å². The minimum Gasteiger partial charge on any atom is -0.484 e. The van der Waals surface area contributed by atoms with Crippen LogP contribution in [-0.2, 0) is 4.79 Å². The Hall–Kier alpha value is -3.67. The van der Waals surface area contributed by atoms with E-state index in [2.05, 4.69) is 42.5 Å². The van der Waals surface area contributed by atoms with Crippen molar-refractivity contribution in [3.63, 3.8) is 0 Å². The number of aryl methyl sites for hydroxylation is 2. The standard InChI is InChI=1S/C29H30FN3O2/c1-18-5-6-19(2)25(15-18)27(20(3)32-28(34)29(4)13-14-29)35-24-11-12-26-21(16-24)17-31-33(26)23-9-7-22(30)8-10-23/h5-12,15-17,20,27H,13-14H2,1-4H3,(H,32,34)/t20-,27+/m0/s1. The number of nitrogens with zero attached hydrogens (tertiary/aromatic N) is 2. The molecule has 0 spiro atoms. The number of nitrogens with one attached hydrogen (secondary N) is 1. The summed E-state index contributed by atoms with van der Waals surface area (Å²) in [4.78, 5) is 12.8. The molecule has 0 aliphatic heterocycles. The summed E-state index contributed by atoms with van der Waals surface area (Å²) in [5, 5.41) is 8.60. The van der Waals surface area contributed by atoms with Gasteiger partial charge in [-0.3, -0.25) is 4.79 Å². The van der Waals surface area contributed by atoms with E-state index >= 15 is 0 Å². The van der Waals surface area contributed by atoms with Crippen molar-refractivity contribution in [3.05, 3.63) is 89.4 Å². The van der Waals surface area contributed by atoms with Crippen molar-refractivity contribution >= 4 is 16.8 Å². The highest BCUT2D eigenvalue weighted by atomic mass is 19.1. The van der Waals surface area contributed by atoms with Crippen LogP contribution in [0.15, 0.2) is 66.9 Å². The number of benzene rings is 3. The van der Waals surface area contributed by atoms with Crippen LogP contribution in [-0.4, -0.2) is 21.7 Å². The van der Waals surface area contributed by atoms with E-state index in [-0.39, 0.29) is 29.3 Å². The monoisotopic (exact) mass is 471 g/mol. The molecule has 35 heavy (non-hydrogen) atoms. The predicted molar refractivity (Wildman–Crippen MR) is 135 cm³/mol. The van der Waals surface area contributed by atoms with Gasteiger partial charge in [0.15, 0.2) is 0 Å². The summed E-state index contributed by atoms with van der Waals surface area (Å²) in [7, 11) is 0. The zero-order valence-electron chi connectivity index (χ0n) is 20.5. The molecule has 0 bridgehead atoms. The molecule has 1 aliphatic rings. The molecule has 180 valence electrons. The zero-order chi connectivity index (χ0) is 24.7. The minimum atomic E-state index is -0.356. The first kappa shape index (κ1) is 23.1. The second kappa shape index (κ2) is 8.84. The molecule has 1 amide bonds. The fourth-order valence-corrected chi connectivity index (χ4v) is 4.39. The fraction of sp³-hybridized carbons (Fsp3) is 0.310. The highest BCUT2D eigenvalue weighted by Gasteiger charge is 2.45. The van der Waals surface area contributed by atoms with Crippen LogP contribution >= 0.6 is 0 Å². The van der Waals surface area contributed by atoms with Crippen LogP contribution in [0, 0.1) is 25.1 Å². The Balaban J connectivity index is 1.46.